The molecule has 1 aromatic heterocycles. The van der Waals surface area contributed by atoms with Gasteiger partial charge < -0.3 is 15.2 Å². The van der Waals surface area contributed by atoms with E-state index in [2.05, 4.69) is 30.5 Å². The Balaban J connectivity index is 1.74. The molecule has 1 atom stereocenters. The summed E-state index contributed by atoms with van der Waals surface area (Å²) in [6.07, 6.45) is 3.67. The molecule has 0 bridgehead atoms. The largest absolute Gasteiger partial charge is 0.345 e. The van der Waals surface area contributed by atoms with Crippen molar-refractivity contribution in [2.75, 3.05) is 6.54 Å². The van der Waals surface area contributed by atoms with E-state index in [1.165, 1.54) is 17.8 Å². The van der Waals surface area contributed by atoms with E-state index >= 15 is 0 Å². The van der Waals surface area contributed by atoms with Gasteiger partial charge in [0.15, 0.2) is 0 Å². The summed E-state index contributed by atoms with van der Waals surface area (Å²) in [5, 5.41) is 0. The van der Waals surface area contributed by atoms with E-state index in [1.807, 2.05) is 4.90 Å². The molecule has 0 saturated heterocycles. The summed E-state index contributed by atoms with van der Waals surface area (Å²) in [7, 11) is 0. The van der Waals surface area contributed by atoms with E-state index in [0.29, 0.717) is 6.42 Å². The van der Waals surface area contributed by atoms with Crippen LogP contribution >= 0.6 is 0 Å². The van der Waals surface area contributed by atoms with Crippen LogP contribution in [0.25, 0.3) is 0 Å². The Morgan fingerprint density at radius 1 is 1.42 bits per heavy atom. The van der Waals surface area contributed by atoms with Crippen LogP contribution in [0.5, 0.6) is 0 Å². The Hall–Kier alpha value is -1.29. The first kappa shape index (κ1) is 12.7. The molecule has 2 aliphatic rings. The zero-order valence-corrected chi connectivity index (χ0v) is 11.9. The Morgan fingerprint density at radius 2 is 2.16 bits per heavy atom. The number of carbonyl (C=O) groups is 1. The molecule has 1 aliphatic heterocycles. The number of carbonyl (C=O) groups excluding carboxylic acids is 1. The van der Waals surface area contributed by atoms with Gasteiger partial charge in [0.05, 0.1) is 6.04 Å². The van der Waals surface area contributed by atoms with Gasteiger partial charge in [-0.3, -0.25) is 4.79 Å². The van der Waals surface area contributed by atoms with Crippen LogP contribution in [0.3, 0.4) is 0 Å². The number of nitrogens with two attached hydrogens (primary N) is 1. The van der Waals surface area contributed by atoms with Crippen molar-refractivity contribution >= 4 is 5.91 Å². The maximum absolute atomic E-state index is 12.5. The maximum atomic E-state index is 12.5. The minimum Gasteiger partial charge on any atom is -0.345 e. The second-order valence-corrected chi connectivity index (χ2v) is 6.21. The van der Waals surface area contributed by atoms with Gasteiger partial charge >= 0.3 is 0 Å². The lowest BCUT2D eigenvalue weighted by Crippen LogP contribution is -2.52. The third-order valence-electron chi connectivity index (χ3n) is 4.87. The molecule has 0 radical (unpaired) electrons. The normalized spacial score (nSPS) is 24.8. The lowest BCUT2D eigenvalue weighted by atomic mass is 9.75. The Labute approximate surface area is 114 Å². The Morgan fingerprint density at radius 3 is 2.79 bits per heavy atom. The molecule has 0 spiro atoms. The van der Waals surface area contributed by atoms with Crippen LogP contribution in [0.15, 0.2) is 12.1 Å². The third kappa shape index (κ3) is 2.08. The molecule has 3 rings (SSSR count). The number of nitrogens with zero attached hydrogens (tertiary/aromatic N) is 2. The van der Waals surface area contributed by atoms with E-state index in [4.69, 9.17) is 5.73 Å². The van der Waals surface area contributed by atoms with E-state index in [0.717, 1.165) is 25.9 Å². The molecule has 1 unspecified atom stereocenters. The molecule has 2 N–H and O–H groups in total. The van der Waals surface area contributed by atoms with Crippen molar-refractivity contribution in [3.05, 3.63) is 23.5 Å². The quantitative estimate of drug-likeness (QED) is 0.885. The van der Waals surface area contributed by atoms with Crippen molar-refractivity contribution in [3.8, 4) is 0 Å². The second kappa shape index (κ2) is 4.37. The highest BCUT2D eigenvalue weighted by Crippen LogP contribution is 2.34. The average Bonchev–Trinajstić information content (AvgIpc) is 2.70. The molecule has 1 fully saturated rings. The molecule has 4 heteroatoms. The summed E-state index contributed by atoms with van der Waals surface area (Å²) in [4.78, 5) is 14.5. The molecule has 1 aromatic rings. The number of rotatable bonds is 2. The molecule has 2 heterocycles. The molecule has 1 saturated carbocycles. The predicted molar refractivity (Wildman–Crippen MR) is 74.7 cm³/mol. The van der Waals surface area contributed by atoms with Gasteiger partial charge in [0.1, 0.15) is 0 Å². The van der Waals surface area contributed by atoms with Gasteiger partial charge in [-0.25, -0.2) is 0 Å². The summed E-state index contributed by atoms with van der Waals surface area (Å²) in [6.45, 7) is 5.95. The van der Waals surface area contributed by atoms with Crippen LogP contribution < -0.4 is 5.73 Å². The van der Waals surface area contributed by atoms with Gasteiger partial charge in [-0.05, 0) is 45.2 Å². The van der Waals surface area contributed by atoms with Gasteiger partial charge in [0, 0.05) is 36.4 Å². The summed E-state index contributed by atoms with van der Waals surface area (Å²) in [5.41, 5.74) is 8.51. The van der Waals surface area contributed by atoms with Gasteiger partial charge in [-0.2, -0.15) is 0 Å². The molecule has 0 aromatic carbocycles. The van der Waals surface area contributed by atoms with Crippen molar-refractivity contribution in [2.45, 2.75) is 57.7 Å². The molecule has 4 nitrogen and oxygen atoms in total. The fraction of sp³-hybridized carbons (Fsp3) is 0.667. The second-order valence-electron chi connectivity index (χ2n) is 6.21. The molecule has 1 amide bonds. The number of hydrogen-bond donors (Lipinski definition) is 1. The van der Waals surface area contributed by atoms with Gasteiger partial charge in [-0.15, -0.1) is 0 Å². The first-order chi connectivity index (χ1) is 9.00. The average molecular weight is 261 g/mol. The standard InChI is InChI=1S/C15H23N3O/c1-11-4-5-13-12(2)18(9-8-17(11)13)14(19)10-15(16)6-3-7-15/h4-5,12H,3,6-10,16H2,1-2H3. The summed E-state index contributed by atoms with van der Waals surface area (Å²) in [5.74, 6) is 0.222. The fourth-order valence-electron chi connectivity index (χ4n) is 3.37. The van der Waals surface area contributed by atoms with E-state index < -0.39 is 0 Å². The third-order valence-corrected chi connectivity index (χ3v) is 4.87. The Kier molecular flexibility index (Phi) is 2.93. The molecule has 104 valence electrons. The minimum absolute atomic E-state index is 0.165. The molecule has 1 aliphatic carbocycles. The van der Waals surface area contributed by atoms with Gasteiger partial charge in [0.25, 0.3) is 0 Å². The van der Waals surface area contributed by atoms with Crippen molar-refractivity contribution < 1.29 is 4.79 Å². The zero-order valence-electron chi connectivity index (χ0n) is 11.9. The van der Waals surface area contributed by atoms with Crippen LogP contribution in [0, 0.1) is 6.92 Å². The summed E-state index contributed by atoms with van der Waals surface area (Å²) < 4.78 is 2.32. The minimum atomic E-state index is -0.216. The van der Waals surface area contributed by atoms with Crippen molar-refractivity contribution in [3.63, 3.8) is 0 Å². The zero-order chi connectivity index (χ0) is 13.6. The number of aromatic nitrogens is 1. The SMILES string of the molecule is Cc1ccc2n1CCN(C(=O)CC1(N)CCC1)C2C. The molecule has 19 heavy (non-hydrogen) atoms. The maximum Gasteiger partial charge on any atom is 0.225 e. The van der Waals surface area contributed by atoms with E-state index in [1.54, 1.807) is 0 Å². The molecular formula is C15H23N3O. The van der Waals surface area contributed by atoms with E-state index in [-0.39, 0.29) is 17.5 Å². The van der Waals surface area contributed by atoms with Crippen LogP contribution in [0.4, 0.5) is 0 Å². The lowest BCUT2D eigenvalue weighted by Gasteiger charge is -2.41. The first-order valence-electron chi connectivity index (χ1n) is 7.25. The Bertz CT molecular complexity index is 501. The van der Waals surface area contributed by atoms with Crippen molar-refractivity contribution in [1.29, 1.82) is 0 Å². The van der Waals surface area contributed by atoms with Crippen LogP contribution in [0.2, 0.25) is 0 Å². The van der Waals surface area contributed by atoms with E-state index in [9.17, 15) is 4.79 Å². The van der Waals surface area contributed by atoms with Crippen LogP contribution in [0.1, 0.15) is 50.0 Å². The first-order valence-corrected chi connectivity index (χ1v) is 7.25. The number of aryl methyl sites for hydroxylation is 1. The predicted octanol–water partition coefficient (Wildman–Crippen LogP) is 1.97. The smallest absolute Gasteiger partial charge is 0.225 e. The highest BCUT2D eigenvalue weighted by atomic mass is 16.2. The fourth-order valence-corrected chi connectivity index (χ4v) is 3.37. The summed E-state index contributed by atoms with van der Waals surface area (Å²) >= 11 is 0. The molecular weight excluding hydrogens is 238 g/mol. The van der Waals surface area contributed by atoms with Crippen LogP contribution in [-0.4, -0.2) is 27.5 Å². The summed E-state index contributed by atoms with van der Waals surface area (Å²) in [6, 6.07) is 4.44. The highest BCUT2D eigenvalue weighted by Gasteiger charge is 2.38. The highest BCUT2D eigenvalue weighted by molar-refractivity contribution is 5.78. The van der Waals surface area contributed by atoms with Crippen molar-refractivity contribution in [1.82, 2.24) is 9.47 Å². The topological polar surface area (TPSA) is 51.3 Å². The van der Waals surface area contributed by atoms with Crippen molar-refractivity contribution in [2.24, 2.45) is 5.73 Å². The monoisotopic (exact) mass is 261 g/mol. The van der Waals surface area contributed by atoms with Gasteiger partial charge in [0.2, 0.25) is 5.91 Å². The lowest BCUT2D eigenvalue weighted by molar-refractivity contribution is -0.136. The van der Waals surface area contributed by atoms with Gasteiger partial charge in [-0.1, -0.05) is 0 Å². The number of fused-ring (bicyclic) bond motifs is 1. The number of hydrogen-bond acceptors (Lipinski definition) is 2. The number of amides is 1. The van der Waals surface area contributed by atoms with Crippen LogP contribution in [-0.2, 0) is 11.3 Å².